The molecular formula is C40H52N6O2Si2. The summed E-state index contributed by atoms with van der Waals surface area (Å²) in [5.74, 6) is 0. The first-order valence-electron chi connectivity index (χ1n) is 17.8. The average molecular weight is 705 g/mol. The predicted molar refractivity (Wildman–Crippen MR) is 212 cm³/mol. The van der Waals surface area contributed by atoms with Gasteiger partial charge >= 0.3 is 0 Å². The van der Waals surface area contributed by atoms with Gasteiger partial charge in [0.2, 0.25) is 0 Å². The number of hydrogen-bond acceptors (Lipinski definition) is 4. The molecule has 0 aromatic heterocycles. The minimum atomic E-state index is -2.97. The summed E-state index contributed by atoms with van der Waals surface area (Å²) in [5, 5.41) is 11.9. The summed E-state index contributed by atoms with van der Waals surface area (Å²) < 4.78 is 14.9. The van der Waals surface area contributed by atoms with Crippen molar-refractivity contribution in [3.8, 4) is 0 Å². The first-order valence-corrected chi connectivity index (χ1v) is 21.6. The summed E-state index contributed by atoms with van der Waals surface area (Å²) in [4.78, 5) is 5.85. The third-order valence-electron chi connectivity index (χ3n) is 9.83. The van der Waals surface area contributed by atoms with E-state index in [1.807, 2.05) is 0 Å². The fourth-order valence-electron chi connectivity index (χ4n) is 7.95. The number of benzene rings is 4. The van der Waals surface area contributed by atoms with Crippen LogP contribution in [-0.4, -0.2) is 42.9 Å². The van der Waals surface area contributed by atoms with Gasteiger partial charge in [0.1, 0.15) is 0 Å². The summed E-state index contributed by atoms with van der Waals surface area (Å²) in [5.41, 5.74) is 17.5. The third kappa shape index (κ3) is 8.95. The van der Waals surface area contributed by atoms with E-state index in [4.69, 9.17) is 19.9 Å². The van der Waals surface area contributed by atoms with Gasteiger partial charge in [-0.25, -0.2) is 0 Å². The van der Waals surface area contributed by atoms with Gasteiger partial charge in [0.15, 0.2) is 0 Å². The molecule has 0 aliphatic rings. The summed E-state index contributed by atoms with van der Waals surface area (Å²) in [6.07, 6.45) is 5.10. The Bertz CT molecular complexity index is 1600. The van der Waals surface area contributed by atoms with E-state index in [1.165, 1.54) is 20.7 Å². The van der Waals surface area contributed by atoms with Crippen molar-refractivity contribution in [2.75, 3.05) is 26.3 Å². The molecule has 50 heavy (non-hydrogen) atoms. The molecule has 0 saturated carbocycles. The molecule has 0 aliphatic carbocycles. The highest BCUT2D eigenvalue weighted by molar-refractivity contribution is 7.01. The molecule has 0 aliphatic heterocycles. The van der Waals surface area contributed by atoms with E-state index in [0.29, 0.717) is 26.3 Å². The predicted octanol–water partition coefficient (Wildman–Crippen LogP) is 9.06. The summed E-state index contributed by atoms with van der Waals surface area (Å²) >= 11 is 0. The van der Waals surface area contributed by atoms with Gasteiger partial charge in [-0.05, 0) is 74.0 Å². The van der Waals surface area contributed by atoms with Crippen LogP contribution in [0, 0.1) is 0 Å². The Labute approximate surface area is 300 Å². The van der Waals surface area contributed by atoms with Crippen molar-refractivity contribution in [2.45, 2.75) is 76.3 Å². The second kappa shape index (κ2) is 18.7. The van der Waals surface area contributed by atoms with Gasteiger partial charge in [-0.3, -0.25) is 0 Å². The molecular weight excluding hydrogens is 653 g/mol. The van der Waals surface area contributed by atoms with Gasteiger partial charge < -0.3 is 8.85 Å². The van der Waals surface area contributed by atoms with E-state index < -0.39 is 16.6 Å². The van der Waals surface area contributed by atoms with E-state index >= 15 is 0 Å². The van der Waals surface area contributed by atoms with Gasteiger partial charge in [-0.2, -0.15) is 0 Å². The van der Waals surface area contributed by atoms with Crippen LogP contribution in [0.25, 0.3) is 20.9 Å². The highest BCUT2D eigenvalue weighted by Crippen LogP contribution is 2.54. The average Bonchev–Trinajstić information content (AvgIpc) is 3.13. The molecule has 8 nitrogen and oxygen atoms in total. The second-order valence-electron chi connectivity index (χ2n) is 14.1. The number of azide groups is 2. The molecule has 0 amide bonds. The van der Waals surface area contributed by atoms with Crippen LogP contribution >= 0.6 is 0 Å². The van der Waals surface area contributed by atoms with Crippen molar-refractivity contribution < 1.29 is 8.85 Å². The Morgan fingerprint density at radius 1 is 0.480 bits per heavy atom. The molecule has 0 radical (unpaired) electrons. The van der Waals surface area contributed by atoms with Crippen molar-refractivity contribution >= 4 is 37.4 Å². The van der Waals surface area contributed by atoms with Crippen LogP contribution in [0.3, 0.4) is 0 Å². The summed E-state index contributed by atoms with van der Waals surface area (Å²) in [7, 11) is -5.92. The molecule has 0 saturated heterocycles. The molecule has 0 atom stereocenters. The Hall–Kier alpha value is -4.15. The van der Waals surface area contributed by atoms with Crippen molar-refractivity contribution in [1.82, 2.24) is 0 Å². The number of rotatable bonds is 21. The lowest BCUT2D eigenvalue weighted by atomic mass is 9.98. The maximum atomic E-state index is 8.82. The molecule has 0 unspecified atom stereocenters. The van der Waals surface area contributed by atoms with Gasteiger partial charge in [0, 0.05) is 36.1 Å². The standard InChI is InChI=1S/C40H52N6O2Si2/c1-39(2,49(35-22-10-5-11-23-35,36-24-12-6-13-25-36)47-32-20-9-18-30-43-45-41)34-40(3,4)50(37-26-14-7-15-27-37,38-28-16-8-17-29-38)48-33-21-19-31-44-46-42/h5-8,10-17,22-29H,9,18-21,30-34H2,1-4H3. The van der Waals surface area contributed by atoms with E-state index in [1.54, 1.807) is 0 Å². The van der Waals surface area contributed by atoms with Crippen molar-refractivity contribution in [3.05, 3.63) is 142 Å². The largest absolute Gasteiger partial charge is 0.407 e. The molecule has 0 N–H and O–H groups in total. The summed E-state index contributed by atoms with van der Waals surface area (Å²) in [6, 6.07) is 43.4. The molecule has 262 valence electrons. The molecule has 4 aromatic rings. The van der Waals surface area contributed by atoms with Crippen LogP contribution in [0.4, 0.5) is 0 Å². The number of nitrogens with zero attached hydrogens (tertiary/aromatic N) is 6. The SMILES string of the molecule is CC(C)(CC(C)(C)[Si](OCCCCN=[N+]=[N-])(c1ccccc1)c1ccccc1)[Si](OCCCCCN=[N+]=[N-])(c1ccccc1)c1ccccc1. The fourth-order valence-corrected chi connectivity index (χ4v) is 18.3. The monoisotopic (exact) mass is 704 g/mol. The van der Waals surface area contributed by atoms with Gasteiger partial charge in [0.05, 0.1) is 0 Å². The van der Waals surface area contributed by atoms with Crippen LogP contribution in [0.5, 0.6) is 0 Å². The molecule has 0 bridgehead atoms. The highest BCUT2D eigenvalue weighted by atomic mass is 28.4. The van der Waals surface area contributed by atoms with Crippen LogP contribution < -0.4 is 20.7 Å². The normalized spacial score (nSPS) is 12.2. The Morgan fingerprint density at radius 2 is 0.780 bits per heavy atom. The van der Waals surface area contributed by atoms with Gasteiger partial charge in [0.25, 0.3) is 16.6 Å². The molecule has 0 heterocycles. The van der Waals surface area contributed by atoms with Crippen LogP contribution in [0.2, 0.25) is 10.1 Å². The second-order valence-corrected chi connectivity index (χ2v) is 22.5. The third-order valence-corrected chi connectivity index (χ3v) is 19.9. The quantitative estimate of drug-likeness (QED) is 0.0283. The Kier molecular flexibility index (Phi) is 14.5. The zero-order chi connectivity index (χ0) is 35.8. The Balaban J connectivity index is 1.85. The maximum absolute atomic E-state index is 8.82. The maximum Gasteiger partial charge on any atom is 0.261 e. The lowest BCUT2D eigenvalue weighted by molar-refractivity contribution is 0.259. The minimum absolute atomic E-state index is 0.295. The van der Waals surface area contributed by atoms with Crippen molar-refractivity contribution in [1.29, 1.82) is 0 Å². The van der Waals surface area contributed by atoms with E-state index in [9.17, 15) is 0 Å². The van der Waals surface area contributed by atoms with E-state index in [-0.39, 0.29) is 10.1 Å². The Morgan fingerprint density at radius 3 is 1.10 bits per heavy atom. The van der Waals surface area contributed by atoms with Crippen molar-refractivity contribution in [3.63, 3.8) is 0 Å². The molecule has 4 aromatic carbocycles. The highest BCUT2D eigenvalue weighted by Gasteiger charge is 2.60. The lowest BCUT2D eigenvalue weighted by Gasteiger charge is -2.53. The number of unbranched alkanes of at least 4 members (excludes halogenated alkanes) is 3. The first kappa shape index (κ1) is 38.7. The van der Waals surface area contributed by atoms with Crippen molar-refractivity contribution in [2.24, 2.45) is 10.2 Å². The van der Waals surface area contributed by atoms with Crippen LogP contribution in [-0.2, 0) is 8.85 Å². The molecule has 0 spiro atoms. The first-order chi connectivity index (χ1) is 24.2. The van der Waals surface area contributed by atoms with Gasteiger partial charge in [-0.15, -0.1) is 0 Å². The zero-order valence-corrected chi connectivity index (χ0v) is 32.1. The van der Waals surface area contributed by atoms with E-state index in [2.05, 4.69) is 169 Å². The van der Waals surface area contributed by atoms with E-state index in [0.717, 1.165) is 38.5 Å². The summed E-state index contributed by atoms with van der Waals surface area (Å²) in [6.45, 7) is 11.8. The zero-order valence-electron chi connectivity index (χ0n) is 30.1. The number of hydrogen-bond donors (Lipinski definition) is 0. The van der Waals surface area contributed by atoms with Crippen LogP contribution in [0.15, 0.2) is 132 Å². The van der Waals surface area contributed by atoms with Crippen LogP contribution in [0.1, 0.15) is 66.2 Å². The molecule has 10 heteroatoms. The van der Waals surface area contributed by atoms with Gasteiger partial charge in [-0.1, -0.05) is 166 Å². The molecule has 4 rings (SSSR count). The fraction of sp³-hybridized carbons (Fsp3) is 0.400. The topological polar surface area (TPSA) is 116 Å². The smallest absolute Gasteiger partial charge is 0.261 e. The minimum Gasteiger partial charge on any atom is -0.407 e. The lowest BCUT2D eigenvalue weighted by Crippen LogP contribution is -2.71. The molecule has 0 fully saturated rings.